The van der Waals surface area contributed by atoms with Gasteiger partial charge < -0.3 is 4.74 Å². The van der Waals surface area contributed by atoms with Gasteiger partial charge in [0.25, 0.3) is 5.43 Å². The molecule has 0 saturated heterocycles. The van der Waals surface area contributed by atoms with Crippen LogP contribution in [0.2, 0.25) is 0 Å². The first-order chi connectivity index (χ1) is 12.8. The number of methoxy groups -OCH3 is 1. The summed E-state index contributed by atoms with van der Waals surface area (Å²) in [5.41, 5.74) is 1.33. The van der Waals surface area contributed by atoms with Crippen LogP contribution in [-0.4, -0.2) is 31.7 Å². The van der Waals surface area contributed by atoms with E-state index in [0.717, 1.165) is 5.69 Å². The molecule has 0 aliphatic carbocycles. The highest BCUT2D eigenvalue weighted by molar-refractivity contribution is 5.59. The molecular formula is C19H15N5O2. The third-order valence-electron chi connectivity index (χ3n) is 3.88. The summed E-state index contributed by atoms with van der Waals surface area (Å²) in [5.74, 6) is 0.763. The van der Waals surface area contributed by atoms with Gasteiger partial charge in [0.15, 0.2) is 17.3 Å². The first-order valence-corrected chi connectivity index (χ1v) is 7.97. The Balaban J connectivity index is 1.93. The molecule has 0 saturated carbocycles. The van der Waals surface area contributed by atoms with Gasteiger partial charge in [0.1, 0.15) is 0 Å². The Kier molecular flexibility index (Phi) is 4.03. The van der Waals surface area contributed by atoms with E-state index >= 15 is 0 Å². The van der Waals surface area contributed by atoms with Crippen molar-refractivity contribution in [1.82, 2.24) is 24.5 Å². The number of benzene rings is 1. The molecule has 0 N–H and O–H groups in total. The van der Waals surface area contributed by atoms with Crippen molar-refractivity contribution in [3.05, 3.63) is 83.4 Å². The molecule has 128 valence electrons. The molecule has 7 heteroatoms. The Morgan fingerprint density at radius 3 is 2.50 bits per heavy atom. The Bertz CT molecular complexity index is 1090. The van der Waals surface area contributed by atoms with E-state index in [1.165, 1.54) is 18.0 Å². The highest BCUT2D eigenvalue weighted by atomic mass is 16.5. The van der Waals surface area contributed by atoms with Gasteiger partial charge in [-0.15, -0.1) is 0 Å². The predicted molar refractivity (Wildman–Crippen MR) is 96.7 cm³/mol. The highest BCUT2D eigenvalue weighted by Gasteiger charge is 2.17. The van der Waals surface area contributed by atoms with Crippen LogP contribution in [0, 0.1) is 0 Å². The lowest BCUT2D eigenvalue weighted by atomic mass is 10.2. The Hall–Kier alpha value is -3.74. The van der Waals surface area contributed by atoms with E-state index in [9.17, 15) is 4.79 Å². The van der Waals surface area contributed by atoms with E-state index in [2.05, 4.69) is 15.2 Å². The van der Waals surface area contributed by atoms with E-state index in [1.807, 2.05) is 42.5 Å². The van der Waals surface area contributed by atoms with Gasteiger partial charge in [0.05, 0.1) is 30.9 Å². The van der Waals surface area contributed by atoms with Crippen molar-refractivity contribution >= 4 is 0 Å². The summed E-state index contributed by atoms with van der Waals surface area (Å²) in [6.07, 6.45) is 4.82. The van der Waals surface area contributed by atoms with E-state index in [-0.39, 0.29) is 16.9 Å². The van der Waals surface area contributed by atoms with Crippen LogP contribution < -0.4 is 10.2 Å². The Morgan fingerprint density at radius 2 is 1.77 bits per heavy atom. The number of rotatable bonds is 4. The summed E-state index contributed by atoms with van der Waals surface area (Å²) in [6.45, 7) is 0. The van der Waals surface area contributed by atoms with Crippen LogP contribution in [0.3, 0.4) is 0 Å². The minimum absolute atomic E-state index is 0.182. The second-order valence-electron chi connectivity index (χ2n) is 5.47. The zero-order valence-electron chi connectivity index (χ0n) is 14.0. The molecule has 3 heterocycles. The number of nitrogens with zero attached hydrogens (tertiary/aromatic N) is 5. The Morgan fingerprint density at radius 1 is 0.962 bits per heavy atom. The lowest BCUT2D eigenvalue weighted by Crippen LogP contribution is -2.18. The van der Waals surface area contributed by atoms with E-state index < -0.39 is 0 Å². The molecule has 0 radical (unpaired) electrons. The molecule has 0 aliphatic heterocycles. The highest BCUT2D eigenvalue weighted by Crippen LogP contribution is 2.20. The molecule has 4 rings (SSSR count). The van der Waals surface area contributed by atoms with E-state index in [4.69, 9.17) is 4.74 Å². The maximum absolute atomic E-state index is 12.8. The largest absolute Gasteiger partial charge is 0.491 e. The molecule has 1 aromatic carbocycles. The average molecular weight is 345 g/mol. The molecule has 7 nitrogen and oxygen atoms in total. The van der Waals surface area contributed by atoms with Crippen molar-refractivity contribution in [2.45, 2.75) is 0 Å². The van der Waals surface area contributed by atoms with Crippen molar-refractivity contribution in [2.75, 3.05) is 7.11 Å². The van der Waals surface area contributed by atoms with Crippen LogP contribution in [0.15, 0.2) is 78.0 Å². The fourth-order valence-corrected chi connectivity index (χ4v) is 2.65. The third-order valence-corrected chi connectivity index (χ3v) is 3.88. The van der Waals surface area contributed by atoms with Gasteiger partial charge in [-0.2, -0.15) is 10.2 Å². The normalized spacial score (nSPS) is 10.7. The van der Waals surface area contributed by atoms with Crippen molar-refractivity contribution < 1.29 is 4.74 Å². The molecule has 26 heavy (non-hydrogen) atoms. The van der Waals surface area contributed by atoms with Crippen LogP contribution in [0.25, 0.3) is 22.9 Å². The summed E-state index contributed by atoms with van der Waals surface area (Å²) in [5, 5.41) is 8.81. The molecular weight excluding hydrogens is 330 g/mol. The second-order valence-corrected chi connectivity index (χ2v) is 5.47. The second kappa shape index (κ2) is 6.64. The fraction of sp³-hybridized carbons (Fsp3) is 0.0526. The van der Waals surface area contributed by atoms with Crippen LogP contribution in [0.4, 0.5) is 0 Å². The summed E-state index contributed by atoms with van der Waals surface area (Å²) >= 11 is 0. The summed E-state index contributed by atoms with van der Waals surface area (Å²) in [6, 6.07) is 16.8. The van der Waals surface area contributed by atoms with Gasteiger partial charge in [-0.05, 0) is 30.3 Å². The first kappa shape index (κ1) is 15.8. The number of aromatic nitrogens is 5. The van der Waals surface area contributed by atoms with E-state index in [0.29, 0.717) is 11.5 Å². The number of pyridine rings is 1. The van der Waals surface area contributed by atoms with Crippen molar-refractivity contribution in [3.63, 3.8) is 0 Å². The maximum atomic E-state index is 12.8. The predicted octanol–water partition coefficient (Wildman–Crippen LogP) is 2.49. The number of ether oxygens (including phenoxy) is 1. The van der Waals surface area contributed by atoms with Gasteiger partial charge in [0, 0.05) is 6.20 Å². The molecule has 0 spiro atoms. The number of para-hydroxylation sites is 1. The lowest BCUT2D eigenvalue weighted by molar-refractivity contribution is 0.405. The van der Waals surface area contributed by atoms with Gasteiger partial charge in [-0.25, -0.2) is 14.3 Å². The zero-order valence-corrected chi connectivity index (χ0v) is 14.0. The van der Waals surface area contributed by atoms with Gasteiger partial charge >= 0.3 is 0 Å². The minimum atomic E-state index is -0.308. The first-order valence-electron chi connectivity index (χ1n) is 7.97. The monoisotopic (exact) mass is 345 g/mol. The maximum Gasteiger partial charge on any atom is 0.251 e. The van der Waals surface area contributed by atoms with Crippen LogP contribution >= 0.6 is 0 Å². The number of hydrogen-bond acceptors (Lipinski definition) is 5. The molecule has 4 aromatic rings. The number of hydrogen-bond donors (Lipinski definition) is 0. The average Bonchev–Trinajstić information content (AvgIpc) is 3.19. The topological polar surface area (TPSA) is 74.8 Å². The fourth-order valence-electron chi connectivity index (χ4n) is 2.65. The quantitative estimate of drug-likeness (QED) is 0.568. The minimum Gasteiger partial charge on any atom is -0.491 e. The van der Waals surface area contributed by atoms with Gasteiger partial charge in [-0.1, -0.05) is 24.3 Å². The lowest BCUT2D eigenvalue weighted by Gasteiger charge is -2.11. The smallest absolute Gasteiger partial charge is 0.251 e. The van der Waals surface area contributed by atoms with Crippen molar-refractivity contribution in [3.8, 4) is 28.6 Å². The molecule has 0 fully saturated rings. The van der Waals surface area contributed by atoms with Crippen molar-refractivity contribution in [1.29, 1.82) is 0 Å². The summed E-state index contributed by atoms with van der Waals surface area (Å²) < 4.78 is 8.46. The Labute approximate surface area is 149 Å². The molecule has 0 amide bonds. The zero-order chi connectivity index (χ0) is 17.9. The molecule has 0 aliphatic rings. The van der Waals surface area contributed by atoms with Crippen LogP contribution in [-0.2, 0) is 0 Å². The molecule has 0 atom stereocenters. The molecule has 0 bridgehead atoms. The standard InChI is InChI=1S/C19H15N5O2/c1-26-16-13-23(17-9-5-6-11-20-17)22-18(19(16)25)15-10-12-21-24(15)14-7-3-2-4-8-14/h2-13H,1H3. The molecule has 0 unspecified atom stereocenters. The van der Waals surface area contributed by atoms with Crippen LogP contribution in [0.5, 0.6) is 5.75 Å². The van der Waals surface area contributed by atoms with Crippen LogP contribution in [0.1, 0.15) is 0 Å². The van der Waals surface area contributed by atoms with Crippen molar-refractivity contribution in [2.24, 2.45) is 0 Å². The molecule has 3 aromatic heterocycles. The summed E-state index contributed by atoms with van der Waals surface area (Å²) in [4.78, 5) is 17.1. The third kappa shape index (κ3) is 2.75. The SMILES string of the molecule is COc1cn(-c2ccccn2)nc(-c2ccnn2-c2ccccc2)c1=O. The van der Waals surface area contributed by atoms with E-state index in [1.54, 1.807) is 29.2 Å². The van der Waals surface area contributed by atoms with Gasteiger partial charge in [-0.3, -0.25) is 4.79 Å². The van der Waals surface area contributed by atoms with Gasteiger partial charge in [0.2, 0.25) is 0 Å². The summed E-state index contributed by atoms with van der Waals surface area (Å²) in [7, 11) is 1.46.